The van der Waals surface area contributed by atoms with Crippen LogP contribution in [-0.2, 0) is 4.79 Å². The molecule has 0 aliphatic carbocycles. The van der Waals surface area contributed by atoms with Gasteiger partial charge in [0.2, 0.25) is 5.91 Å². The molecule has 0 unspecified atom stereocenters. The molecule has 1 amide bonds. The predicted octanol–water partition coefficient (Wildman–Crippen LogP) is 1.67. The Hall–Kier alpha value is -2.30. The number of aromatic nitrogens is 1. The van der Waals surface area contributed by atoms with Crippen molar-refractivity contribution < 1.29 is 4.79 Å². The van der Waals surface area contributed by atoms with Crippen LogP contribution in [0.25, 0.3) is 10.8 Å². The van der Waals surface area contributed by atoms with Crippen molar-refractivity contribution in [3.63, 3.8) is 0 Å². The molecule has 5 heteroatoms. The molecule has 4 N–H and O–H groups in total. The Balaban J connectivity index is 2.21. The standard InChI is InChI=1S/C14H18N4O/c1-9-7-12-11(13(15)8-9)3-4-17-14(12)18-6-5-16-10(2)19/h3-4,7-8H,5-6,15H2,1-2H3,(H,16,19)(H,17,18). The number of hydrogen-bond donors (Lipinski definition) is 3. The van der Waals surface area contributed by atoms with Gasteiger partial charge in [0.1, 0.15) is 5.82 Å². The van der Waals surface area contributed by atoms with Crippen LogP contribution in [0.5, 0.6) is 0 Å². The first-order valence-corrected chi connectivity index (χ1v) is 6.21. The molecule has 0 bridgehead atoms. The molecule has 0 saturated heterocycles. The van der Waals surface area contributed by atoms with Gasteiger partial charge in [-0.05, 0) is 30.7 Å². The molecular formula is C14H18N4O. The van der Waals surface area contributed by atoms with Crippen molar-refractivity contribution in [1.29, 1.82) is 0 Å². The van der Waals surface area contributed by atoms with E-state index in [1.165, 1.54) is 6.92 Å². The van der Waals surface area contributed by atoms with Gasteiger partial charge in [0.15, 0.2) is 0 Å². The molecule has 5 nitrogen and oxygen atoms in total. The van der Waals surface area contributed by atoms with E-state index in [2.05, 4.69) is 21.7 Å². The number of benzene rings is 1. The zero-order chi connectivity index (χ0) is 13.8. The summed E-state index contributed by atoms with van der Waals surface area (Å²) in [5, 5.41) is 7.94. The highest BCUT2D eigenvalue weighted by molar-refractivity contribution is 5.99. The van der Waals surface area contributed by atoms with Crippen LogP contribution in [0.4, 0.5) is 11.5 Å². The van der Waals surface area contributed by atoms with Crippen LogP contribution in [0.3, 0.4) is 0 Å². The van der Waals surface area contributed by atoms with E-state index in [1.54, 1.807) is 6.20 Å². The molecular weight excluding hydrogens is 240 g/mol. The molecule has 19 heavy (non-hydrogen) atoms. The highest BCUT2D eigenvalue weighted by Crippen LogP contribution is 2.27. The number of carbonyl (C=O) groups is 1. The molecule has 0 aliphatic heterocycles. The Morgan fingerprint density at radius 3 is 2.84 bits per heavy atom. The zero-order valence-electron chi connectivity index (χ0n) is 11.2. The van der Waals surface area contributed by atoms with E-state index in [1.807, 2.05) is 19.1 Å². The Bertz CT molecular complexity index is 610. The van der Waals surface area contributed by atoms with Gasteiger partial charge in [-0.1, -0.05) is 0 Å². The van der Waals surface area contributed by atoms with E-state index in [-0.39, 0.29) is 5.91 Å². The average Bonchev–Trinajstić information content (AvgIpc) is 2.34. The van der Waals surface area contributed by atoms with E-state index < -0.39 is 0 Å². The summed E-state index contributed by atoms with van der Waals surface area (Å²) in [6, 6.07) is 5.91. The first kappa shape index (κ1) is 13.1. The number of nitrogen functional groups attached to an aromatic ring is 1. The third-order valence-electron chi connectivity index (χ3n) is 2.85. The van der Waals surface area contributed by atoms with Gasteiger partial charge in [-0.3, -0.25) is 4.79 Å². The number of amides is 1. The normalized spacial score (nSPS) is 10.4. The third kappa shape index (κ3) is 3.13. The van der Waals surface area contributed by atoms with Gasteiger partial charge in [0.05, 0.1) is 0 Å². The van der Waals surface area contributed by atoms with Crippen molar-refractivity contribution in [3.05, 3.63) is 30.0 Å². The number of hydrogen-bond acceptors (Lipinski definition) is 4. The first-order valence-electron chi connectivity index (χ1n) is 6.21. The summed E-state index contributed by atoms with van der Waals surface area (Å²) in [5.41, 5.74) is 7.86. The van der Waals surface area contributed by atoms with Crippen molar-refractivity contribution >= 4 is 28.2 Å². The SMILES string of the molecule is CC(=O)NCCNc1nccc2c(N)cc(C)cc12. The van der Waals surface area contributed by atoms with Gasteiger partial charge >= 0.3 is 0 Å². The quantitative estimate of drug-likeness (QED) is 0.575. The van der Waals surface area contributed by atoms with E-state index in [4.69, 9.17) is 5.73 Å². The Morgan fingerprint density at radius 1 is 1.32 bits per heavy atom. The summed E-state index contributed by atoms with van der Waals surface area (Å²) in [5.74, 6) is 0.756. The van der Waals surface area contributed by atoms with Crippen molar-refractivity contribution in [3.8, 4) is 0 Å². The number of nitrogens with two attached hydrogens (primary N) is 1. The highest BCUT2D eigenvalue weighted by Gasteiger charge is 2.05. The van der Waals surface area contributed by atoms with E-state index in [0.29, 0.717) is 13.1 Å². The van der Waals surface area contributed by atoms with Crippen LogP contribution in [-0.4, -0.2) is 24.0 Å². The predicted molar refractivity (Wildman–Crippen MR) is 78.1 cm³/mol. The van der Waals surface area contributed by atoms with Gasteiger partial charge in [-0.15, -0.1) is 0 Å². The molecule has 1 aromatic carbocycles. The second-order valence-electron chi connectivity index (χ2n) is 4.52. The third-order valence-corrected chi connectivity index (χ3v) is 2.85. The monoisotopic (exact) mass is 258 g/mol. The molecule has 0 aliphatic rings. The first-order chi connectivity index (χ1) is 9.08. The number of rotatable bonds is 4. The smallest absolute Gasteiger partial charge is 0.216 e. The van der Waals surface area contributed by atoms with Gasteiger partial charge in [0.25, 0.3) is 0 Å². The fraction of sp³-hybridized carbons (Fsp3) is 0.286. The van der Waals surface area contributed by atoms with E-state index in [9.17, 15) is 4.79 Å². The number of anilines is 2. The average molecular weight is 258 g/mol. The molecule has 1 aromatic heterocycles. The topological polar surface area (TPSA) is 80.0 Å². The molecule has 2 aromatic rings. The summed E-state index contributed by atoms with van der Waals surface area (Å²) in [6.07, 6.45) is 1.73. The Kier molecular flexibility index (Phi) is 3.85. The van der Waals surface area contributed by atoms with Crippen LogP contribution >= 0.6 is 0 Å². The highest BCUT2D eigenvalue weighted by atomic mass is 16.1. The van der Waals surface area contributed by atoms with Crippen LogP contribution in [0.2, 0.25) is 0 Å². The van der Waals surface area contributed by atoms with Gasteiger partial charge in [-0.2, -0.15) is 0 Å². The summed E-state index contributed by atoms with van der Waals surface area (Å²) in [7, 11) is 0. The minimum Gasteiger partial charge on any atom is -0.398 e. The lowest BCUT2D eigenvalue weighted by atomic mass is 10.1. The maximum Gasteiger partial charge on any atom is 0.216 e. The minimum atomic E-state index is -0.0345. The number of carbonyl (C=O) groups excluding carboxylic acids is 1. The van der Waals surface area contributed by atoms with Crippen LogP contribution in [0.1, 0.15) is 12.5 Å². The number of aryl methyl sites for hydroxylation is 1. The maximum absolute atomic E-state index is 10.8. The molecule has 0 fully saturated rings. The zero-order valence-corrected chi connectivity index (χ0v) is 11.2. The molecule has 1 heterocycles. The molecule has 0 radical (unpaired) electrons. The summed E-state index contributed by atoms with van der Waals surface area (Å²) < 4.78 is 0. The fourth-order valence-corrected chi connectivity index (χ4v) is 2.02. The van der Waals surface area contributed by atoms with Gasteiger partial charge in [0, 0.05) is 42.7 Å². The molecule has 0 spiro atoms. The second-order valence-corrected chi connectivity index (χ2v) is 4.52. The lowest BCUT2D eigenvalue weighted by Gasteiger charge is -2.11. The van der Waals surface area contributed by atoms with Crippen LogP contribution in [0.15, 0.2) is 24.4 Å². The lowest BCUT2D eigenvalue weighted by Crippen LogP contribution is -2.26. The number of fused-ring (bicyclic) bond motifs is 1. The summed E-state index contributed by atoms with van der Waals surface area (Å²) in [4.78, 5) is 15.1. The van der Waals surface area contributed by atoms with Gasteiger partial charge < -0.3 is 16.4 Å². The van der Waals surface area contributed by atoms with Crippen molar-refractivity contribution in [2.75, 3.05) is 24.1 Å². The largest absolute Gasteiger partial charge is 0.398 e. The Morgan fingerprint density at radius 2 is 2.11 bits per heavy atom. The van der Waals surface area contributed by atoms with Crippen LogP contribution < -0.4 is 16.4 Å². The van der Waals surface area contributed by atoms with E-state index in [0.717, 1.165) is 27.8 Å². The van der Waals surface area contributed by atoms with E-state index >= 15 is 0 Å². The van der Waals surface area contributed by atoms with Crippen LogP contribution in [0, 0.1) is 6.92 Å². The number of nitrogens with one attached hydrogen (secondary N) is 2. The molecule has 0 saturated carbocycles. The summed E-state index contributed by atoms with van der Waals surface area (Å²) in [6.45, 7) is 4.69. The fourth-order valence-electron chi connectivity index (χ4n) is 2.02. The molecule has 0 atom stereocenters. The van der Waals surface area contributed by atoms with Crippen molar-refractivity contribution in [2.24, 2.45) is 0 Å². The number of pyridine rings is 1. The number of nitrogens with zero attached hydrogens (tertiary/aromatic N) is 1. The maximum atomic E-state index is 10.8. The van der Waals surface area contributed by atoms with Gasteiger partial charge in [-0.25, -0.2) is 4.98 Å². The van der Waals surface area contributed by atoms with Crippen molar-refractivity contribution in [1.82, 2.24) is 10.3 Å². The van der Waals surface area contributed by atoms with Crippen molar-refractivity contribution in [2.45, 2.75) is 13.8 Å². The Labute approximate surface area is 112 Å². The summed E-state index contributed by atoms with van der Waals surface area (Å²) >= 11 is 0. The molecule has 100 valence electrons. The lowest BCUT2D eigenvalue weighted by molar-refractivity contribution is -0.118. The second kappa shape index (κ2) is 5.56. The molecule has 2 rings (SSSR count). The minimum absolute atomic E-state index is 0.0345.